The highest BCUT2D eigenvalue weighted by atomic mass is 16.4. The summed E-state index contributed by atoms with van der Waals surface area (Å²) in [6, 6.07) is 3.30. The lowest BCUT2D eigenvalue weighted by atomic mass is 10.0. The minimum Gasteiger partial charge on any atom is -0.481 e. The van der Waals surface area contributed by atoms with Crippen LogP contribution in [0.5, 0.6) is 0 Å². The first-order chi connectivity index (χ1) is 16.1. The zero-order valence-electron chi connectivity index (χ0n) is 18.1. The van der Waals surface area contributed by atoms with Gasteiger partial charge in [-0.3, -0.25) is 24.0 Å². The number of hydrogen-bond donors (Lipinski definition) is 8. The molecular formula is C21H27N5O8. The van der Waals surface area contributed by atoms with E-state index in [2.05, 4.69) is 20.9 Å². The molecule has 0 aliphatic rings. The monoisotopic (exact) mass is 477 g/mol. The molecule has 13 nitrogen and oxygen atoms in total. The van der Waals surface area contributed by atoms with Gasteiger partial charge < -0.3 is 42.0 Å². The third kappa shape index (κ3) is 7.56. The molecule has 1 aromatic carbocycles. The second kappa shape index (κ2) is 12.3. The van der Waals surface area contributed by atoms with Gasteiger partial charge in [-0.1, -0.05) is 18.2 Å². The van der Waals surface area contributed by atoms with Crippen LogP contribution in [0.25, 0.3) is 10.9 Å². The number of nitrogens with one attached hydrogen (secondary N) is 4. The number of carboxylic acids is 2. The summed E-state index contributed by atoms with van der Waals surface area (Å²) in [4.78, 5) is 62.6. The molecule has 13 heteroatoms. The lowest BCUT2D eigenvalue weighted by Gasteiger charge is -2.23. The van der Waals surface area contributed by atoms with E-state index in [0.29, 0.717) is 5.56 Å². The Morgan fingerprint density at radius 2 is 1.62 bits per heavy atom. The van der Waals surface area contributed by atoms with Crippen molar-refractivity contribution in [2.45, 2.75) is 37.4 Å². The van der Waals surface area contributed by atoms with E-state index in [-0.39, 0.29) is 12.8 Å². The molecule has 0 aliphatic carbocycles. The number of aliphatic carboxylic acids is 2. The summed E-state index contributed by atoms with van der Waals surface area (Å²) in [6.45, 7) is -1.37. The van der Waals surface area contributed by atoms with Crippen LogP contribution >= 0.6 is 0 Å². The van der Waals surface area contributed by atoms with E-state index in [1.54, 1.807) is 18.3 Å². The van der Waals surface area contributed by atoms with Gasteiger partial charge in [0, 0.05) is 29.9 Å². The van der Waals surface area contributed by atoms with Crippen LogP contribution in [0.1, 0.15) is 18.4 Å². The number of amides is 3. The number of aliphatic hydroxyl groups is 1. The molecule has 0 bridgehead atoms. The standard InChI is InChI=1S/C21H27N5O8/c22-13(10-27)19(32)25-15(5-6-17(28)29)21(34)26-16(20(33)24-9-18(30)31)7-11-8-23-14-4-2-1-3-12(11)14/h1-4,8,13,15-16,23,27H,5-7,9-10,22H2,(H,24,33)(H,25,32)(H,26,34)(H,28,29)(H,30,31). The van der Waals surface area contributed by atoms with Crippen molar-refractivity contribution < 1.29 is 39.3 Å². The number of carboxylic acid groups (broad SMARTS) is 2. The first kappa shape index (κ1) is 26.3. The van der Waals surface area contributed by atoms with Crippen LogP contribution in [0.3, 0.4) is 0 Å². The summed E-state index contributed by atoms with van der Waals surface area (Å²) >= 11 is 0. The first-order valence-corrected chi connectivity index (χ1v) is 10.4. The molecule has 0 saturated heterocycles. The Balaban J connectivity index is 2.25. The predicted molar refractivity (Wildman–Crippen MR) is 118 cm³/mol. The Hall–Kier alpha value is -3.97. The van der Waals surface area contributed by atoms with Crippen LogP contribution in [0, 0.1) is 0 Å². The highest BCUT2D eigenvalue weighted by Gasteiger charge is 2.29. The number of nitrogens with two attached hydrogens (primary N) is 1. The molecule has 0 aliphatic heterocycles. The van der Waals surface area contributed by atoms with Crippen molar-refractivity contribution in [3.8, 4) is 0 Å². The number of carbonyl (C=O) groups excluding carboxylic acids is 3. The lowest BCUT2D eigenvalue weighted by Crippen LogP contribution is -2.57. The first-order valence-electron chi connectivity index (χ1n) is 10.4. The van der Waals surface area contributed by atoms with E-state index in [0.717, 1.165) is 10.9 Å². The minimum absolute atomic E-state index is 0.0169. The zero-order chi connectivity index (χ0) is 25.3. The van der Waals surface area contributed by atoms with Crippen molar-refractivity contribution in [1.82, 2.24) is 20.9 Å². The SMILES string of the molecule is NC(CO)C(=O)NC(CCC(=O)O)C(=O)NC(Cc1c[nH]c2ccccc12)C(=O)NCC(=O)O. The van der Waals surface area contributed by atoms with E-state index >= 15 is 0 Å². The average molecular weight is 477 g/mol. The topological polar surface area (TPSA) is 224 Å². The number of aromatic amines is 1. The van der Waals surface area contributed by atoms with Crippen LogP contribution in [-0.2, 0) is 30.4 Å². The Kier molecular flexibility index (Phi) is 9.52. The maximum absolute atomic E-state index is 12.9. The molecular weight excluding hydrogens is 450 g/mol. The van der Waals surface area contributed by atoms with E-state index < -0.39 is 67.4 Å². The number of fused-ring (bicyclic) bond motifs is 1. The molecule has 2 rings (SSSR count). The van der Waals surface area contributed by atoms with E-state index in [1.807, 2.05) is 12.1 Å². The third-order valence-electron chi connectivity index (χ3n) is 4.96. The van der Waals surface area contributed by atoms with Gasteiger partial charge in [0.25, 0.3) is 0 Å². The number of benzene rings is 1. The summed E-state index contributed by atoms with van der Waals surface area (Å²) in [5.74, 6) is -5.02. The molecule has 0 saturated carbocycles. The third-order valence-corrected chi connectivity index (χ3v) is 4.96. The van der Waals surface area contributed by atoms with Gasteiger partial charge in [0.15, 0.2) is 0 Å². The van der Waals surface area contributed by atoms with Crippen molar-refractivity contribution >= 4 is 40.6 Å². The molecule has 3 atom stereocenters. The van der Waals surface area contributed by atoms with Crippen molar-refractivity contribution in [1.29, 1.82) is 0 Å². The lowest BCUT2D eigenvalue weighted by molar-refractivity contribution is -0.138. The van der Waals surface area contributed by atoms with E-state index in [4.69, 9.17) is 21.1 Å². The molecule has 2 aromatic rings. The summed E-state index contributed by atoms with van der Waals surface area (Å²) in [5.41, 5.74) is 6.90. The normalized spacial score (nSPS) is 13.5. The summed E-state index contributed by atoms with van der Waals surface area (Å²) in [7, 11) is 0. The van der Waals surface area contributed by atoms with Crippen LogP contribution in [0.2, 0.25) is 0 Å². The van der Waals surface area contributed by atoms with Gasteiger partial charge in [-0.05, 0) is 18.1 Å². The maximum atomic E-state index is 12.9. The molecule has 9 N–H and O–H groups in total. The van der Waals surface area contributed by atoms with Crippen LogP contribution in [0.4, 0.5) is 0 Å². The molecule has 3 amide bonds. The molecule has 0 spiro atoms. The van der Waals surface area contributed by atoms with Gasteiger partial charge in [-0.15, -0.1) is 0 Å². The number of aliphatic hydroxyl groups excluding tert-OH is 1. The number of para-hydroxylation sites is 1. The zero-order valence-corrected chi connectivity index (χ0v) is 18.1. The van der Waals surface area contributed by atoms with Gasteiger partial charge in [-0.2, -0.15) is 0 Å². The van der Waals surface area contributed by atoms with Crippen molar-refractivity contribution in [2.24, 2.45) is 5.73 Å². The number of aromatic nitrogens is 1. The fraction of sp³-hybridized carbons (Fsp3) is 0.381. The van der Waals surface area contributed by atoms with Crippen LogP contribution in [0.15, 0.2) is 30.5 Å². The van der Waals surface area contributed by atoms with Crippen LogP contribution < -0.4 is 21.7 Å². The molecule has 0 radical (unpaired) electrons. The predicted octanol–water partition coefficient (Wildman–Crippen LogP) is -1.93. The Morgan fingerprint density at radius 3 is 2.26 bits per heavy atom. The Bertz CT molecular complexity index is 1050. The van der Waals surface area contributed by atoms with Crippen molar-refractivity contribution in [2.75, 3.05) is 13.2 Å². The van der Waals surface area contributed by atoms with E-state index in [1.165, 1.54) is 0 Å². The molecule has 1 heterocycles. The Morgan fingerprint density at radius 1 is 0.941 bits per heavy atom. The van der Waals surface area contributed by atoms with Gasteiger partial charge in [-0.25, -0.2) is 0 Å². The van der Waals surface area contributed by atoms with E-state index in [9.17, 15) is 24.0 Å². The molecule has 0 fully saturated rings. The van der Waals surface area contributed by atoms with Gasteiger partial charge in [0.1, 0.15) is 24.7 Å². The molecule has 184 valence electrons. The summed E-state index contributed by atoms with van der Waals surface area (Å²) in [6.07, 6.45) is 0.863. The summed E-state index contributed by atoms with van der Waals surface area (Å²) in [5, 5.41) is 34.6. The van der Waals surface area contributed by atoms with Crippen molar-refractivity contribution in [3.63, 3.8) is 0 Å². The van der Waals surface area contributed by atoms with Crippen molar-refractivity contribution in [3.05, 3.63) is 36.0 Å². The average Bonchev–Trinajstić information content (AvgIpc) is 3.21. The molecule has 34 heavy (non-hydrogen) atoms. The maximum Gasteiger partial charge on any atom is 0.322 e. The fourth-order valence-electron chi connectivity index (χ4n) is 3.19. The highest BCUT2D eigenvalue weighted by molar-refractivity contribution is 5.94. The van der Waals surface area contributed by atoms with Gasteiger partial charge >= 0.3 is 11.9 Å². The second-order valence-corrected chi connectivity index (χ2v) is 7.52. The number of rotatable bonds is 13. The quantitative estimate of drug-likeness (QED) is 0.160. The number of carbonyl (C=O) groups is 5. The number of H-pyrrole nitrogens is 1. The number of hydrogen-bond acceptors (Lipinski definition) is 7. The Labute approximate surface area is 193 Å². The fourth-order valence-corrected chi connectivity index (χ4v) is 3.19. The summed E-state index contributed by atoms with van der Waals surface area (Å²) < 4.78 is 0. The van der Waals surface area contributed by atoms with Gasteiger partial charge in [0.2, 0.25) is 17.7 Å². The van der Waals surface area contributed by atoms with Crippen LogP contribution in [-0.4, -0.2) is 81.2 Å². The smallest absolute Gasteiger partial charge is 0.322 e. The minimum atomic E-state index is -1.36. The second-order valence-electron chi connectivity index (χ2n) is 7.52. The highest BCUT2D eigenvalue weighted by Crippen LogP contribution is 2.19. The largest absolute Gasteiger partial charge is 0.481 e. The molecule has 1 aromatic heterocycles. The van der Waals surface area contributed by atoms with Gasteiger partial charge in [0.05, 0.1) is 6.61 Å². The molecule has 3 unspecified atom stereocenters.